The number of aryl methyl sites for hydroxylation is 2. The summed E-state index contributed by atoms with van der Waals surface area (Å²) in [7, 11) is 2.76. The Morgan fingerprint density at radius 2 is 1.07 bits per heavy atom. The monoisotopic (exact) mass is 678 g/mol. The molecule has 0 fully saturated rings. The van der Waals surface area contributed by atoms with Crippen LogP contribution in [0.2, 0.25) is 20.1 Å². The van der Waals surface area contributed by atoms with Crippen molar-refractivity contribution in [3.05, 3.63) is 68.9 Å². The van der Waals surface area contributed by atoms with Crippen molar-refractivity contribution in [1.29, 1.82) is 0 Å². The van der Waals surface area contributed by atoms with Crippen molar-refractivity contribution < 1.29 is 0 Å². The van der Waals surface area contributed by atoms with Crippen molar-refractivity contribution >= 4 is 68.0 Å². The molecule has 4 aromatic heterocycles. The van der Waals surface area contributed by atoms with E-state index in [1.807, 2.05) is 13.8 Å². The third-order valence-corrected chi connectivity index (χ3v) is 9.37. The number of aromatic nitrogens is 12. The zero-order valence-corrected chi connectivity index (χ0v) is 26.4. The second-order valence-electron chi connectivity index (χ2n) is 8.51. The summed E-state index contributed by atoms with van der Waals surface area (Å²) in [6.07, 6.45) is 3.33. The first-order valence-electron chi connectivity index (χ1n) is 12.3. The molecule has 0 aliphatic rings. The van der Waals surface area contributed by atoms with Crippen LogP contribution in [0, 0.1) is 0 Å². The van der Waals surface area contributed by atoms with Crippen molar-refractivity contribution in [1.82, 2.24) is 60.0 Å². The Hall–Kier alpha value is -3.14. The minimum Gasteiger partial charge on any atom is -0.224 e. The van der Waals surface area contributed by atoms with Gasteiger partial charge in [0.1, 0.15) is 10.1 Å². The SMILES string of the molecule is CCn1nnc(-c2cnn(-c3cc(Cl)ccc3Cl)c2SSc2c(-c3nnn(CC)n3)cnn2-c2cc(Cl)ccc2Cl)n1. The van der Waals surface area contributed by atoms with Crippen molar-refractivity contribution in [2.75, 3.05) is 0 Å². The van der Waals surface area contributed by atoms with E-state index < -0.39 is 0 Å². The van der Waals surface area contributed by atoms with Crippen LogP contribution in [-0.2, 0) is 13.1 Å². The standard InChI is InChI=1S/C24H18Cl4N12S2/c1-3-37-33-21(31-35-37)15-11-29-39(19-9-13(25)5-7-17(19)27)23(15)41-42-24-16(22-32-36-38(4-2)34-22)12-30-40(24)20-10-14(26)6-8-18(20)28/h5-12H,3-4H2,1-2H3. The van der Waals surface area contributed by atoms with Gasteiger partial charge in [0.05, 0.1) is 58.0 Å². The highest BCUT2D eigenvalue weighted by atomic mass is 35.5. The van der Waals surface area contributed by atoms with Crippen LogP contribution in [0.5, 0.6) is 0 Å². The van der Waals surface area contributed by atoms with Gasteiger partial charge in [-0.05, 0) is 82.3 Å². The van der Waals surface area contributed by atoms with Gasteiger partial charge in [0.15, 0.2) is 0 Å². The molecule has 6 rings (SSSR count). The molecule has 0 aliphatic heterocycles. The van der Waals surface area contributed by atoms with Crippen LogP contribution < -0.4 is 0 Å². The van der Waals surface area contributed by atoms with Gasteiger partial charge < -0.3 is 0 Å². The summed E-state index contributed by atoms with van der Waals surface area (Å²) in [6.45, 7) is 4.98. The van der Waals surface area contributed by atoms with Gasteiger partial charge in [-0.25, -0.2) is 9.36 Å². The van der Waals surface area contributed by atoms with Crippen LogP contribution in [0.1, 0.15) is 13.8 Å². The van der Waals surface area contributed by atoms with Gasteiger partial charge in [0.25, 0.3) is 0 Å². The molecule has 0 aliphatic carbocycles. The predicted octanol–water partition coefficient (Wildman–Crippen LogP) is 6.82. The van der Waals surface area contributed by atoms with Gasteiger partial charge >= 0.3 is 0 Å². The molecule has 0 saturated carbocycles. The predicted molar refractivity (Wildman–Crippen MR) is 164 cm³/mol. The molecule has 0 amide bonds. The van der Waals surface area contributed by atoms with Crippen molar-refractivity contribution in [2.45, 2.75) is 37.0 Å². The van der Waals surface area contributed by atoms with Gasteiger partial charge in [-0.3, -0.25) is 0 Å². The van der Waals surface area contributed by atoms with Gasteiger partial charge in [-0.1, -0.05) is 46.4 Å². The number of benzene rings is 2. The number of nitrogens with zero attached hydrogens (tertiary/aromatic N) is 12. The normalized spacial score (nSPS) is 11.5. The molecule has 214 valence electrons. The second-order valence-corrected chi connectivity index (χ2v) is 12.3. The molecule has 0 N–H and O–H groups in total. The van der Waals surface area contributed by atoms with Crippen molar-refractivity contribution in [3.8, 4) is 34.2 Å². The van der Waals surface area contributed by atoms with E-state index in [0.29, 0.717) is 77.4 Å². The highest BCUT2D eigenvalue weighted by Gasteiger charge is 2.25. The first-order chi connectivity index (χ1) is 20.4. The van der Waals surface area contributed by atoms with E-state index in [0.717, 1.165) is 0 Å². The number of rotatable bonds is 9. The molecule has 18 heteroatoms. The number of hydrogen-bond donors (Lipinski definition) is 0. The zero-order chi connectivity index (χ0) is 29.4. The van der Waals surface area contributed by atoms with Crippen LogP contribution >= 0.6 is 68.0 Å². The van der Waals surface area contributed by atoms with Gasteiger partial charge in [0.2, 0.25) is 11.6 Å². The van der Waals surface area contributed by atoms with E-state index >= 15 is 0 Å². The van der Waals surface area contributed by atoms with E-state index in [9.17, 15) is 0 Å². The number of tetrazole rings is 2. The van der Waals surface area contributed by atoms with E-state index in [2.05, 4.69) is 41.0 Å². The Bertz CT molecular complexity index is 1760. The lowest BCUT2D eigenvalue weighted by molar-refractivity contribution is 0.552. The average molecular weight is 680 g/mol. The Kier molecular flexibility index (Phi) is 8.43. The third kappa shape index (κ3) is 5.62. The molecule has 4 heterocycles. The van der Waals surface area contributed by atoms with E-state index in [1.165, 1.54) is 31.2 Å². The second kappa shape index (κ2) is 12.2. The Labute approximate surface area is 266 Å². The number of halogens is 4. The molecule has 0 atom stereocenters. The first kappa shape index (κ1) is 29.0. The van der Waals surface area contributed by atoms with E-state index in [4.69, 9.17) is 46.4 Å². The molecule has 12 nitrogen and oxygen atoms in total. The molecule has 0 unspecified atom stereocenters. The Balaban J connectivity index is 1.48. The quantitative estimate of drug-likeness (QED) is 0.150. The maximum Gasteiger partial charge on any atom is 0.209 e. The highest BCUT2D eigenvalue weighted by molar-refractivity contribution is 8.76. The molecular formula is C24H18Cl4N12S2. The first-order valence-corrected chi connectivity index (χ1v) is 16.0. The fourth-order valence-corrected chi connectivity index (χ4v) is 7.05. The lowest BCUT2D eigenvalue weighted by atomic mass is 10.3. The maximum atomic E-state index is 6.59. The molecule has 0 radical (unpaired) electrons. The number of hydrogen-bond acceptors (Lipinski definition) is 10. The lowest BCUT2D eigenvalue weighted by Gasteiger charge is -2.12. The van der Waals surface area contributed by atoms with Crippen molar-refractivity contribution in [2.24, 2.45) is 0 Å². The van der Waals surface area contributed by atoms with E-state index in [-0.39, 0.29) is 0 Å². The van der Waals surface area contributed by atoms with Crippen LogP contribution in [0.3, 0.4) is 0 Å². The summed E-state index contributed by atoms with van der Waals surface area (Å²) < 4.78 is 3.37. The van der Waals surface area contributed by atoms with Crippen LogP contribution in [0.4, 0.5) is 0 Å². The summed E-state index contributed by atoms with van der Waals surface area (Å²) in [5.74, 6) is 0.812. The summed E-state index contributed by atoms with van der Waals surface area (Å²) in [6, 6.07) is 10.3. The Morgan fingerprint density at radius 1 is 0.643 bits per heavy atom. The smallest absolute Gasteiger partial charge is 0.209 e. The average Bonchev–Trinajstić information content (AvgIpc) is 3.79. The minimum absolute atomic E-state index is 0.406. The highest BCUT2D eigenvalue weighted by Crippen LogP contribution is 2.46. The van der Waals surface area contributed by atoms with Gasteiger partial charge in [0, 0.05) is 10.0 Å². The third-order valence-electron chi connectivity index (χ3n) is 5.88. The molecule has 0 saturated heterocycles. The largest absolute Gasteiger partial charge is 0.224 e. The summed E-state index contributed by atoms with van der Waals surface area (Å²) in [4.78, 5) is 3.00. The maximum absolute atomic E-state index is 6.59. The molecule has 2 aromatic carbocycles. The van der Waals surface area contributed by atoms with E-state index in [1.54, 1.807) is 58.2 Å². The lowest BCUT2D eigenvalue weighted by Crippen LogP contribution is -2.01. The molecule has 0 bridgehead atoms. The van der Waals surface area contributed by atoms with Crippen molar-refractivity contribution in [3.63, 3.8) is 0 Å². The van der Waals surface area contributed by atoms with Gasteiger partial charge in [-0.2, -0.15) is 19.8 Å². The molecule has 0 spiro atoms. The van der Waals surface area contributed by atoms with Crippen LogP contribution in [0.15, 0.2) is 58.8 Å². The summed E-state index contributed by atoms with van der Waals surface area (Å²) in [5, 5.41) is 38.2. The zero-order valence-electron chi connectivity index (χ0n) is 21.7. The molecule has 42 heavy (non-hydrogen) atoms. The molecule has 6 aromatic rings. The fraction of sp³-hybridized carbons (Fsp3) is 0.167. The summed E-state index contributed by atoms with van der Waals surface area (Å²) >= 11 is 25.9. The fourth-order valence-electron chi connectivity index (χ4n) is 3.83. The Morgan fingerprint density at radius 3 is 1.45 bits per heavy atom. The molecular weight excluding hydrogens is 662 g/mol. The minimum atomic E-state index is 0.406. The van der Waals surface area contributed by atoms with Crippen LogP contribution in [-0.4, -0.2) is 60.0 Å². The van der Waals surface area contributed by atoms with Gasteiger partial charge in [-0.15, -0.1) is 20.4 Å². The topological polar surface area (TPSA) is 123 Å². The van der Waals surface area contributed by atoms with Crippen LogP contribution in [0.25, 0.3) is 34.2 Å². The summed E-state index contributed by atoms with van der Waals surface area (Å²) in [5.41, 5.74) is 2.46.